The highest BCUT2D eigenvalue weighted by Gasteiger charge is 2.22. The average molecular weight is 183 g/mol. The summed E-state index contributed by atoms with van der Waals surface area (Å²) < 4.78 is 5.09. The van der Waals surface area contributed by atoms with E-state index in [0.29, 0.717) is 24.1 Å². The topological polar surface area (TPSA) is 71.2 Å². The molecule has 5 heteroatoms. The molecule has 0 aromatic carbocycles. The molecule has 1 atom stereocenters. The molecule has 1 aromatic heterocycles. The fourth-order valence-corrected chi connectivity index (χ4v) is 1.50. The van der Waals surface area contributed by atoms with Crippen molar-refractivity contribution in [3.63, 3.8) is 0 Å². The van der Waals surface area contributed by atoms with Crippen LogP contribution < -0.4 is 5.32 Å². The molecule has 5 nitrogen and oxygen atoms in total. The second kappa shape index (κ2) is 3.85. The highest BCUT2D eigenvalue weighted by atomic mass is 16.5. The number of aromatic nitrogens is 2. The monoisotopic (exact) mass is 183 g/mol. The van der Waals surface area contributed by atoms with Gasteiger partial charge in [-0.2, -0.15) is 4.98 Å². The highest BCUT2D eigenvalue weighted by Crippen LogP contribution is 2.19. The van der Waals surface area contributed by atoms with Crippen LogP contribution in [0.25, 0.3) is 0 Å². The molecule has 1 unspecified atom stereocenters. The third-order valence-electron chi connectivity index (χ3n) is 2.23. The van der Waals surface area contributed by atoms with E-state index in [0.717, 1.165) is 19.5 Å². The molecule has 13 heavy (non-hydrogen) atoms. The zero-order valence-corrected chi connectivity index (χ0v) is 7.36. The molecule has 0 aliphatic carbocycles. The van der Waals surface area contributed by atoms with Crippen molar-refractivity contribution >= 4 is 0 Å². The second-order valence-corrected chi connectivity index (χ2v) is 3.21. The van der Waals surface area contributed by atoms with Crippen molar-refractivity contribution < 1.29 is 9.63 Å². The largest absolute Gasteiger partial charge is 0.396 e. The van der Waals surface area contributed by atoms with Crippen LogP contribution in [0.3, 0.4) is 0 Å². The second-order valence-electron chi connectivity index (χ2n) is 3.21. The van der Waals surface area contributed by atoms with E-state index >= 15 is 0 Å². The van der Waals surface area contributed by atoms with Crippen molar-refractivity contribution in [1.82, 2.24) is 15.5 Å². The van der Waals surface area contributed by atoms with E-state index in [9.17, 15) is 0 Å². The number of aliphatic hydroxyl groups excluding tert-OH is 1. The molecule has 1 aromatic rings. The molecule has 0 saturated carbocycles. The van der Waals surface area contributed by atoms with Gasteiger partial charge < -0.3 is 14.9 Å². The molecule has 0 bridgehead atoms. The van der Waals surface area contributed by atoms with E-state index < -0.39 is 0 Å². The van der Waals surface area contributed by atoms with Gasteiger partial charge in [-0.05, 0) is 13.0 Å². The lowest BCUT2D eigenvalue weighted by Crippen LogP contribution is -2.08. The van der Waals surface area contributed by atoms with Crippen molar-refractivity contribution in [2.75, 3.05) is 19.7 Å². The minimum Gasteiger partial charge on any atom is -0.396 e. The van der Waals surface area contributed by atoms with Crippen molar-refractivity contribution in [1.29, 1.82) is 0 Å². The Morgan fingerprint density at radius 3 is 3.23 bits per heavy atom. The maximum atomic E-state index is 8.66. The molecular formula is C8H13N3O2. The van der Waals surface area contributed by atoms with Crippen LogP contribution in [0.5, 0.6) is 0 Å². The molecule has 0 amide bonds. The van der Waals surface area contributed by atoms with E-state index in [1.54, 1.807) is 0 Å². The van der Waals surface area contributed by atoms with Crippen LogP contribution in [0.4, 0.5) is 0 Å². The Morgan fingerprint density at radius 1 is 1.62 bits per heavy atom. The molecule has 1 saturated heterocycles. The van der Waals surface area contributed by atoms with Crippen molar-refractivity contribution in [3.8, 4) is 0 Å². The van der Waals surface area contributed by atoms with E-state index in [-0.39, 0.29) is 6.61 Å². The molecule has 2 heterocycles. The zero-order chi connectivity index (χ0) is 9.10. The van der Waals surface area contributed by atoms with Crippen LogP contribution in [0.15, 0.2) is 4.52 Å². The summed E-state index contributed by atoms with van der Waals surface area (Å²) in [5.41, 5.74) is 0. The summed E-state index contributed by atoms with van der Waals surface area (Å²) >= 11 is 0. The fourth-order valence-electron chi connectivity index (χ4n) is 1.50. The molecular weight excluding hydrogens is 170 g/mol. The predicted octanol–water partition coefficient (Wildman–Crippen LogP) is -0.319. The van der Waals surface area contributed by atoms with Crippen LogP contribution in [-0.4, -0.2) is 34.9 Å². The van der Waals surface area contributed by atoms with E-state index in [4.69, 9.17) is 9.63 Å². The molecule has 1 fully saturated rings. The van der Waals surface area contributed by atoms with Crippen LogP contribution in [-0.2, 0) is 6.42 Å². The van der Waals surface area contributed by atoms with Gasteiger partial charge in [0, 0.05) is 13.0 Å². The summed E-state index contributed by atoms with van der Waals surface area (Å²) in [5, 5.41) is 15.7. The maximum Gasteiger partial charge on any atom is 0.231 e. The van der Waals surface area contributed by atoms with Gasteiger partial charge in [-0.25, -0.2) is 0 Å². The fraction of sp³-hybridized carbons (Fsp3) is 0.750. The number of aliphatic hydroxyl groups is 1. The van der Waals surface area contributed by atoms with Crippen LogP contribution in [0, 0.1) is 0 Å². The first kappa shape index (κ1) is 8.65. The Labute approximate surface area is 76.1 Å². The third-order valence-corrected chi connectivity index (χ3v) is 2.23. The summed E-state index contributed by atoms with van der Waals surface area (Å²) in [4.78, 5) is 4.20. The molecule has 1 aliphatic rings. The molecule has 2 N–H and O–H groups in total. The van der Waals surface area contributed by atoms with Crippen LogP contribution in [0.2, 0.25) is 0 Å². The van der Waals surface area contributed by atoms with Crippen LogP contribution >= 0.6 is 0 Å². The SMILES string of the molecule is OCCc1noc(C2CCNC2)n1. The quantitative estimate of drug-likeness (QED) is 0.672. The first-order chi connectivity index (χ1) is 6.40. The van der Waals surface area contributed by atoms with Gasteiger partial charge in [-0.15, -0.1) is 0 Å². The van der Waals surface area contributed by atoms with Gasteiger partial charge in [0.05, 0.1) is 12.5 Å². The summed E-state index contributed by atoms with van der Waals surface area (Å²) in [6, 6.07) is 0. The van der Waals surface area contributed by atoms with Crippen molar-refractivity contribution in [2.24, 2.45) is 0 Å². The van der Waals surface area contributed by atoms with E-state index in [2.05, 4.69) is 15.5 Å². The van der Waals surface area contributed by atoms with Gasteiger partial charge in [0.25, 0.3) is 0 Å². The lowest BCUT2D eigenvalue weighted by Gasteiger charge is -1.98. The number of hydrogen-bond donors (Lipinski definition) is 2. The number of hydrogen-bond acceptors (Lipinski definition) is 5. The maximum absolute atomic E-state index is 8.66. The smallest absolute Gasteiger partial charge is 0.231 e. The van der Waals surface area contributed by atoms with Crippen molar-refractivity contribution in [2.45, 2.75) is 18.8 Å². The summed E-state index contributed by atoms with van der Waals surface area (Å²) in [5.74, 6) is 1.66. The number of nitrogens with zero attached hydrogens (tertiary/aromatic N) is 2. The summed E-state index contributed by atoms with van der Waals surface area (Å²) in [7, 11) is 0. The van der Waals surface area contributed by atoms with E-state index in [1.807, 2.05) is 0 Å². The van der Waals surface area contributed by atoms with Gasteiger partial charge in [0.2, 0.25) is 5.89 Å². The highest BCUT2D eigenvalue weighted by molar-refractivity contribution is 4.98. The number of rotatable bonds is 3. The molecule has 1 aliphatic heterocycles. The van der Waals surface area contributed by atoms with E-state index in [1.165, 1.54) is 0 Å². The molecule has 0 radical (unpaired) electrons. The predicted molar refractivity (Wildman–Crippen MR) is 45.3 cm³/mol. The lowest BCUT2D eigenvalue weighted by molar-refractivity contribution is 0.292. The lowest BCUT2D eigenvalue weighted by atomic mass is 10.1. The Morgan fingerprint density at radius 2 is 2.54 bits per heavy atom. The Bertz CT molecular complexity index is 268. The Hall–Kier alpha value is -0.940. The first-order valence-corrected chi connectivity index (χ1v) is 4.54. The van der Waals surface area contributed by atoms with Gasteiger partial charge >= 0.3 is 0 Å². The molecule has 72 valence electrons. The Balaban J connectivity index is 2.03. The minimum atomic E-state index is 0.0713. The van der Waals surface area contributed by atoms with Gasteiger partial charge in [-0.1, -0.05) is 5.16 Å². The summed E-state index contributed by atoms with van der Waals surface area (Å²) in [6.07, 6.45) is 1.53. The van der Waals surface area contributed by atoms with Gasteiger partial charge in [0.1, 0.15) is 0 Å². The standard InChI is InChI=1S/C8H13N3O2/c12-4-2-7-10-8(13-11-7)6-1-3-9-5-6/h6,9,12H,1-5H2. The summed E-state index contributed by atoms with van der Waals surface area (Å²) in [6.45, 7) is 2.00. The molecule has 0 spiro atoms. The van der Waals surface area contributed by atoms with Crippen molar-refractivity contribution in [3.05, 3.63) is 11.7 Å². The Kier molecular flexibility index (Phi) is 2.56. The normalized spacial score (nSPS) is 22.4. The third kappa shape index (κ3) is 1.87. The molecule has 2 rings (SSSR count). The van der Waals surface area contributed by atoms with Crippen LogP contribution in [0.1, 0.15) is 24.1 Å². The zero-order valence-electron chi connectivity index (χ0n) is 7.36. The average Bonchev–Trinajstić information content (AvgIpc) is 2.70. The van der Waals surface area contributed by atoms with Gasteiger partial charge in [0.15, 0.2) is 5.82 Å². The first-order valence-electron chi connectivity index (χ1n) is 4.54. The number of nitrogens with one attached hydrogen (secondary N) is 1. The minimum absolute atomic E-state index is 0.0713. The van der Waals surface area contributed by atoms with Gasteiger partial charge in [-0.3, -0.25) is 0 Å².